The quantitative estimate of drug-likeness (QED) is 0.858. The summed E-state index contributed by atoms with van der Waals surface area (Å²) in [5.41, 5.74) is -1.17. The Morgan fingerprint density at radius 3 is 2.28 bits per heavy atom. The number of carbonyl (C=O) groups is 2. The summed E-state index contributed by atoms with van der Waals surface area (Å²) in [5, 5.41) is 15.7. The van der Waals surface area contributed by atoms with Gasteiger partial charge in [0.2, 0.25) is 5.91 Å². The molecule has 0 unspecified atom stereocenters. The minimum atomic E-state index is -1.15. The lowest BCUT2D eigenvalue weighted by molar-refractivity contribution is -0.146. The fourth-order valence-corrected chi connectivity index (χ4v) is 1.11. The van der Waals surface area contributed by atoms with Gasteiger partial charge in [-0.25, -0.2) is 4.79 Å². The number of amides is 1. The third-order valence-electron chi connectivity index (χ3n) is 2.62. The van der Waals surface area contributed by atoms with Crippen molar-refractivity contribution < 1.29 is 14.7 Å². The van der Waals surface area contributed by atoms with Crippen molar-refractivity contribution >= 4 is 17.6 Å². The van der Waals surface area contributed by atoms with Crippen LogP contribution in [0, 0.1) is 5.41 Å². The zero-order valence-electron chi connectivity index (χ0n) is 11.3. The first-order chi connectivity index (χ1) is 8.05. The van der Waals surface area contributed by atoms with Crippen LogP contribution >= 0.6 is 0 Å². The van der Waals surface area contributed by atoms with E-state index in [2.05, 4.69) is 10.4 Å². The Morgan fingerprint density at radius 1 is 1.28 bits per heavy atom. The van der Waals surface area contributed by atoms with Crippen molar-refractivity contribution in [3.8, 4) is 0 Å². The number of aliphatic carboxylic acids is 1. The normalized spacial score (nSPS) is 12.3. The number of anilines is 1. The van der Waals surface area contributed by atoms with Crippen LogP contribution in [0.15, 0.2) is 12.4 Å². The van der Waals surface area contributed by atoms with Crippen molar-refractivity contribution in [2.75, 3.05) is 5.32 Å². The van der Waals surface area contributed by atoms with Crippen LogP contribution in [0.4, 0.5) is 5.69 Å². The molecule has 1 amide bonds. The Bertz CT molecular complexity index is 469. The van der Waals surface area contributed by atoms with E-state index in [4.69, 9.17) is 5.11 Å². The van der Waals surface area contributed by atoms with Gasteiger partial charge in [-0.2, -0.15) is 5.10 Å². The van der Waals surface area contributed by atoms with E-state index in [1.165, 1.54) is 30.9 Å². The predicted molar refractivity (Wildman–Crippen MR) is 67.3 cm³/mol. The number of nitrogens with one attached hydrogen (secondary N) is 1. The smallest absolute Gasteiger partial charge is 0.331 e. The minimum absolute atomic E-state index is 0.143. The molecule has 6 nitrogen and oxygen atoms in total. The first kappa shape index (κ1) is 14.2. The molecule has 0 saturated carbocycles. The number of hydrogen-bond acceptors (Lipinski definition) is 3. The van der Waals surface area contributed by atoms with Gasteiger partial charge in [-0.1, -0.05) is 20.8 Å². The van der Waals surface area contributed by atoms with Gasteiger partial charge >= 0.3 is 5.97 Å². The third kappa shape index (κ3) is 2.88. The highest BCUT2D eigenvalue weighted by Crippen LogP contribution is 2.20. The summed E-state index contributed by atoms with van der Waals surface area (Å²) in [5.74, 6) is -1.13. The molecule has 6 heteroatoms. The molecule has 0 saturated heterocycles. The zero-order chi connectivity index (χ0) is 14.1. The lowest BCUT2D eigenvalue weighted by Crippen LogP contribution is -2.36. The fraction of sp³-hybridized carbons (Fsp3) is 0.583. The summed E-state index contributed by atoms with van der Waals surface area (Å²) < 4.78 is 1.31. The maximum atomic E-state index is 11.8. The van der Waals surface area contributed by atoms with Gasteiger partial charge in [0.15, 0.2) is 5.54 Å². The van der Waals surface area contributed by atoms with Gasteiger partial charge in [-0.3, -0.25) is 9.48 Å². The lowest BCUT2D eigenvalue weighted by atomic mass is 9.96. The summed E-state index contributed by atoms with van der Waals surface area (Å²) in [6.07, 6.45) is 2.95. The van der Waals surface area contributed by atoms with Crippen molar-refractivity contribution in [3.63, 3.8) is 0 Å². The summed E-state index contributed by atoms with van der Waals surface area (Å²) in [6, 6.07) is 0. The van der Waals surface area contributed by atoms with Crippen LogP contribution in [0.5, 0.6) is 0 Å². The van der Waals surface area contributed by atoms with Gasteiger partial charge in [0.05, 0.1) is 11.9 Å². The molecule has 18 heavy (non-hydrogen) atoms. The predicted octanol–water partition coefficient (Wildman–Crippen LogP) is 1.69. The van der Waals surface area contributed by atoms with E-state index in [0.717, 1.165) is 0 Å². The maximum Gasteiger partial charge on any atom is 0.331 e. The summed E-state index contributed by atoms with van der Waals surface area (Å²) in [4.78, 5) is 22.8. The Balaban J connectivity index is 2.89. The molecule has 1 heterocycles. The minimum Gasteiger partial charge on any atom is -0.479 e. The molecule has 0 radical (unpaired) electrons. The van der Waals surface area contributed by atoms with Gasteiger partial charge in [0.1, 0.15) is 0 Å². The molecule has 0 bridgehead atoms. The monoisotopic (exact) mass is 253 g/mol. The van der Waals surface area contributed by atoms with E-state index < -0.39 is 16.9 Å². The van der Waals surface area contributed by atoms with E-state index in [9.17, 15) is 9.59 Å². The van der Waals surface area contributed by atoms with Gasteiger partial charge < -0.3 is 10.4 Å². The van der Waals surface area contributed by atoms with E-state index in [1.54, 1.807) is 20.8 Å². The molecule has 0 fully saturated rings. The van der Waals surface area contributed by atoms with Crippen molar-refractivity contribution in [2.45, 2.75) is 40.2 Å². The van der Waals surface area contributed by atoms with E-state index in [1.807, 2.05) is 0 Å². The number of carboxylic acids is 1. The topological polar surface area (TPSA) is 84.2 Å². The van der Waals surface area contributed by atoms with Crippen molar-refractivity contribution in [1.29, 1.82) is 0 Å². The largest absolute Gasteiger partial charge is 0.479 e. The fourth-order valence-electron chi connectivity index (χ4n) is 1.11. The third-order valence-corrected chi connectivity index (χ3v) is 2.62. The highest BCUT2D eigenvalue weighted by Gasteiger charge is 2.30. The summed E-state index contributed by atoms with van der Waals surface area (Å²) >= 11 is 0. The second kappa shape index (κ2) is 4.44. The van der Waals surface area contributed by atoms with Gasteiger partial charge in [-0.05, 0) is 13.8 Å². The van der Waals surface area contributed by atoms with Crippen LogP contribution in [-0.2, 0) is 15.1 Å². The molecule has 1 rings (SSSR count). The molecule has 0 spiro atoms. The number of nitrogens with zero attached hydrogens (tertiary/aromatic N) is 2. The molecule has 0 aliphatic rings. The van der Waals surface area contributed by atoms with Crippen molar-refractivity contribution in [1.82, 2.24) is 9.78 Å². The molecule has 1 aromatic heterocycles. The van der Waals surface area contributed by atoms with E-state index >= 15 is 0 Å². The van der Waals surface area contributed by atoms with E-state index in [0.29, 0.717) is 5.69 Å². The summed E-state index contributed by atoms with van der Waals surface area (Å²) in [6.45, 7) is 8.48. The average molecular weight is 253 g/mol. The standard InChI is InChI=1S/C12H19N3O3/c1-11(2,3)9(16)14-8-6-13-15(7-8)12(4,5)10(17)18/h6-7H,1-5H3,(H,14,16)(H,17,18). The van der Waals surface area contributed by atoms with Crippen LogP contribution in [-0.4, -0.2) is 26.8 Å². The van der Waals surface area contributed by atoms with Crippen LogP contribution in [0.2, 0.25) is 0 Å². The Labute approximate surface area is 106 Å². The Hall–Kier alpha value is -1.85. The van der Waals surface area contributed by atoms with Gasteiger partial charge in [0, 0.05) is 11.6 Å². The highest BCUT2D eigenvalue weighted by atomic mass is 16.4. The van der Waals surface area contributed by atoms with Crippen LogP contribution in [0.3, 0.4) is 0 Å². The molecule has 0 aliphatic heterocycles. The van der Waals surface area contributed by atoms with Gasteiger partial charge in [0.25, 0.3) is 0 Å². The van der Waals surface area contributed by atoms with Crippen LogP contribution in [0.1, 0.15) is 34.6 Å². The van der Waals surface area contributed by atoms with Crippen molar-refractivity contribution in [2.24, 2.45) is 5.41 Å². The van der Waals surface area contributed by atoms with Gasteiger partial charge in [-0.15, -0.1) is 0 Å². The summed E-state index contributed by atoms with van der Waals surface area (Å²) in [7, 11) is 0. The number of rotatable bonds is 3. The van der Waals surface area contributed by atoms with Crippen molar-refractivity contribution in [3.05, 3.63) is 12.4 Å². The Kier molecular flexibility index (Phi) is 3.50. The van der Waals surface area contributed by atoms with Crippen LogP contribution in [0.25, 0.3) is 0 Å². The van der Waals surface area contributed by atoms with Crippen LogP contribution < -0.4 is 5.32 Å². The SMILES string of the molecule is CC(C)(C)C(=O)Nc1cnn(C(C)(C)C(=O)O)c1. The zero-order valence-corrected chi connectivity index (χ0v) is 11.3. The molecule has 0 aliphatic carbocycles. The molecule has 0 aromatic carbocycles. The molecule has 0 atom stereocenters. The first-order valence-electron chi connectivity index (χ1n) is 5.65. The molecule has 2 N–H and O–H groups in total. The van der Waals surface area contributed by atoms with E-state index in [-0.39, 0.29) is 5.91 Å². The number of hydrogen-bond donors (Lipinski definition) is 2. The Morgan fingerprint density at radius 2 is 1.83 bits per heavy atom. The maximum absolute atomic E-state index is 11.8. The lowest BCUT2D eigenvalue weighted by Gasteiger charge is -2.19. The molecule has 1 aromatic rings. The number of carboxylic acid groups (broad SMARTS) is 1. The average Bonchev–Trinajstić information content (AvgIpc) is 2.64. The number of carbonyl (C=O) groups excluding carboxylic acids is 1. The molecule has 100 valence electrons. The molecular weight excluding hydrogens is 234 g/mol. The second-order valence-corrected chi connectivity index (χ2v) is 5.74. The molecular formula is C12H19N3O3. The first-order valence-corrected chi connectivity index (χ1v) is 5.65. The number of aromatic nitrogens is 2. The second-order valence-electron chi connectivity index (χ2n) is 5.74. The highest BCUT2D eigenvalue weighted by molar-refractivity contribution is 5.94.